The molecule has 0 atom stereocenters. The van der Waals surface area contributed by atoms with Gasteiger partial charge >= 0.3 is 0 Å². The van der Waals surface area contributed by atoms with Crippen LogP contribution in [0.4, 0.5) is 0 Å². The smallest absolute Gasteiger partial charge is 0.161 e. The maximum Gasteiger partial charge on any atom is 0.161 e. The molecular formula is C26H34O4. The summed E-state index contributed by atoms with van der Waals surface area (Å²) in [6.45, 7) is 1.43. The van der Waals surface area contributed by atoms with Crippen molar-refractivity contribution < 1.29 is 18.9 Å². The van der Waals surface area contributed by atoms with Crippen molar-refractivity contribution in [3.05, 3.63) is 48.5 Å². The van der Waals surface area contributed by atoms with E-state index in [-0.39, 0.29) is 0 Å². The molecule has 0 saturated carbocycles. The molecule has 0 radical (unpaired) electrons. The molecule has 162 valence electrons. The summed E-state index contributed by atoms with van der Waals surface area (Å²) < 4.78 is 22.1. The Hall–Kier alpha value is -2.80. The lowest BCUT2D eigenvalue weighted by atomic mass is 10.1. The fourth-order valence-electron chi connectivity index (χ4n) is 3.00. The molecule has 2 aromatic rings. The van der Waals surface area contributed by atoms with Crippen LogP contribution in [0.5, 0.6) is 23.0 Å². The van der Waals surface area contributed by atoms with Gasteiger partial charge in [0.25, 0.3) is 0 Å². The third-order valence-corrected chi connectivity index (χ3v) is 4.67. The van der Waals surface area contributed by atoms with Crippen LogP contribution < -0.4 is 18.9 Å². The Morgan fingerprint density at radius 1 is 0.533 bits per heavy atom. The van der Waals surface area contributed by atoms with E-state index in [0.29, 0.717) is 13.2 Å². The van der Waals surface area contributed by atoms with E-state index in [1.165, 1.54) is 0 Å². The Balaban J connectivity index is 1.42. The van der Waals surface area contributed by atoms with Crippen molar-refractivity contribution in [3.8, 4) is 34.8 Å². The number of methoxy groups -OCH3 is 2. The van der Waals surface area contributed by atoms with E-state index in [9.17, 15) is 0 Å². The lowest BCUT2D eigenvalue weighted by Gasteiger charge is -2.09. The van der Waals surface area contributed by atoms with Gasteiger partial charge in [0.05, 0.1) is 27.4 Å². The normalized spacial score (nSPS) is 10.1. The van der Waals surface area contributed by atoms with Gasteiger partial charge in [-0.15, -0.1) is 11.8 Å². The molecule has 4 heteroatoms. The first-order valence-corrected chi connectivity index (χ1v) is 10.8. The molecule has 30 heavy (non-hydrogen) atoms. The van der Waals surface area contributed by atoms with Crippen LogP contribution in [0.2, 0.25) is 0 Å². The second kappa shape index (κ2) is 15.1. The van der Waals surface area contributed by atoms with Crippen LogP contribution in [-0.2, 0) is 0 Å². The van der Waals surface area contributed by atoms with Crippen LogP contribution in [0.15, 0.2) is 48.5 Å². The van der Waals surface area contributed by atoms with Gasteiger partial charge < -0.3 is 18.9 Å². The van der Waals surface area contributed by atoms with E-state index in [1.807, 2.05) is 48.5 Å². The van der Waals surface area contributed by atoms with Gasteiger partial charge in [0.2, 0.25) is 0 Å². The van der Waals surface area contributed by atoms with Crippen molar-refractivity contribution in [3.63, 3.8) is 0 Å². The Kier molecular flexibility index (Phi) is 11.8. The predicted molar refractivity (Wildman–Crippen MR) is 122 cm³/mol. The number of hydrogen-bond acceptors (Lipinski definition) is 4. The molecule has 2 rings (SSSR count). The highest BCUT2D eigenvalue weighted by molar-refractivity contribution is 5.39. The second-order valence-corrected chi connectivity index (χ2v) is 6.97. The summed E-state index contributed by atoms with van der Waals surface area (Å²) in [7, 11) is 3.33. The molecule has 0 aliphatic heterocycles. The van der Waals surface area contributed by atoms with Crippen LogP contribution in [0.25, 0.3) is 0 Å². The van der Waals surface area contributed by atoms with Gasteiger partial charge in [0, 0.05) is 12.8 Å². The largest absolute Gasteiger partial charge is 0.493 e. The van der Waals surface area contributed by atoms with Crippen molar-refractivity contribution in [1.29, 1.82) is 0 Å². The van der Waals surface area contributed by atoms with Crippen molar-refractivity contribution >= 4 is 0 Å². The van der Waals surface area contributed by atoms with Gasteiger partial charge in [-0.05, 0) is 62.8 Å². The average Bonchev–Trinajstić information content (AvgIpc) is 2.79. The zero-order valence-electron chi connectivity index (χ0n) is 18.3. The van der Waals surface area contributed by atoms with Crippen molar-refractivity contribution in [2.75, 3.05) is 27.4 Å². The minimum atomic E-state index is 0.713. The maximum absolute atomic E-state index is 5.78. The molecule has 0 fully saturated rings. The van der Waals surface area contributed by atoms with Crippen LogP contribution in [-0.4, -0.2) is 27.4 Å². The minimum absolute atomic E-state index is 0.713. The summed E-state index contributed by atoms with van der Waals surface area (Å²) in [5, 5.41) is 0. The molecule has 0 amide bonds. The predicted octanol–water partition coefficient (Wildman–Crippen LogP) is 6.29. The molecule has 0 heterocycles. The van der Waals surface area contributed by atoms with E-state index >= 15 is 0 Å². The van der Waals surface area contributed by atoms with Crippen LogP contribution in [0, 0.1) is 11.8 Å². The third-order valence-electron chi connectivity index (χ3n) is 4.67. The van der Waals surface area contributed by atoms with E-state index in [4.69, 9.17) is 18.9 Å². The molecule has 4 nitrogen and oxygen atoms in total. The summed E-state index contributed by atoms with van der Waals surface area (Å²) >= 11 is 0. The Morgan fingerprint density at radius 3 is 1.33 bits per heavy atom. The number of rotatable bonds is 14. The number of ether oxygens (including phenoxy) is 4. The second-order valence-electron chi connectivity index (χ2n) is 6.97. The SMILES string of the molecule is COc1ccccc1OCCCCCC#CCCCCCOc1ccccc1OC. The monoisotopic (exact) mass is 410 g/mol. The lowest BCUT2D eigenvalue weighted by Crippen LogP contribution is -1.99. The number of unbranched alkanes of at least 4 members (excludes halogenated alkanes) is 6. The molecule has 2 aromatic carbocycles. The third kappa shape index (κ3) is 9.13. The highest BCUT2D eigenvalue weighted by Crippen LogP contribution is 2.26. The van der Waals surface area contributed by atoms with Crippen LogP contribution >= 0.6 is 0 Å². The topological polar surface area (TPSA) is 36.9 Å². The van der Waals surface area contributed by atoms with Crippen molar-refractivity contribution in [2.45, 2.75) is 51.4 Å². The Labute approximate surface area is 181 Å². The molecule has 0 aliphatic carbocycles. The maximum atomic E-state index is 5.78. The first-order valence-electron chi connectivity index (χ1n) is 10.8. The standard InChI is InChI=1S/C26H34O4/c1-27-23-17-11-13-19-25(23)29-21-15-9-7-5-3-4-6-8-10-16-22-30-26-20-14-12-18-24(26)28-2/h11-14,17-20H,5-10,15-16,21-22H2,1-2H3. The highest BCUT2D eigenvalue weighted by atomic mass is 16.5. The van der Waals surface area contributed by atoms with Gasteiger partial charge in [0.15, 0.2) is 23.0 Å². The highest BCUT2D eigenvalue weighted by Gasteiger charge is 2.02. The number of para-hydroxylation sites is 4. The van der Waals surface area contributed by atoms with Gasteiger partial charge in [-0.2, -0.15) is 0 Å². The molecule has 0 saturated heterocycles. The summed E-state index contributed by atoms with van der Waals surface area (Å²) in [5.74, 6) is 9.77. The quantitative estimate of drug-likeness (QED) is 0.271. The zero-order chi connectivity index (χ0) is 21.3. The van der Waals surface area contributed by atoms with Gasteiger partial charge in [-0.25, -0.2) is 0 Å². The molecule has 0 aromatic heterocycles. The molecule has 0 aliphatic rings. The Bertz CT molecular complexity index is 712. The number of benzene rings is 2. The summed E-state index contributed by atoms with van der Waals surface area (Å²) in [6.07, 6.45) is 8.49. The van der Waals surface area contributed by atoms with Crippen molar-refractivity contribution in [1.82, 2.24) is 0 Å². The van der Waals surface area contributed by atoms with E-state index in [0.717, 1.165) is 74.4 Å². The van der Waals surface area contributed by atoms with Gasteiger partial charge in [-0.1, -0.05) is 24.3 Å². The van der Waals surface area contributed by atoms with Crippen molar-refractivity contribution in [2.24, 2.45) is 0 Å². The van der Waals surface area contributed by atoms with E-state index < -0.39 is 0 Å². The van der Waals surface area contributed by atoms with Crippen LogP contribution in [0.1, 0.15) is 51.4 Å². The first-order chi connectivity index (χ1) is 14.8. The molecule has 0 spiro atoms. The molecule has 0 unspecified atom stereocenters. The van der Waals surface area contributed by atoms with Crippen LogP contribution in [0.3, 0.4) is 0 Å². The summed E-state index contributed by atoms with van der Waals surface area (Å²) in [6, 6.07) is 15.5. The van der Waals surface area contributed by atoms with Gasteiger partial charge in [0.1, 0.15) is 0 Å². The summed E-state index contributed by atoms with van der Waals surface area (Å²) in [4.78, 5) is 0. The average molecular weight is 411 g/mol. The minimum Gasteiger partial charge on any atom is -0.493 e. The number of hydrogen-bond donors (Lipinski definition) is 0. The van der Waals surface area contributed by atoms with E-state index in [1.54, 1.807) is 14.2 Å². The fraction of sp³-hybridized carbons (Fsp3) is 0.462. The molecule has 0 N–H and O–H groups in total. The molecular weight excluding hydrogens is 376 g/mol. The van der Waals surface area contributed by atoms with Gasteiger partial charge in [-0.3, -0.25) is 0 Å². The summed E-state index contributed by atoms with van der Waals surface area (Å²) in [5.41, 5.74) is 0. The lowest BCUT2D eigenvalue weighted by molar-refractivity contribution is 0.285. The first kappa shape index (κ1) is 23.5. The Morgan fingerprint density at radius 2 is 0.933 bits per heavy atom. The molecule has 0 bridgehead atoms. The zero-order valence-corrected chi connectivity index (χ0v) is 18.3. The van der Waals surface area contributed by atoms with E-state index in [2.05, 4.69) is 11.8 Å². The fourth-order valence-corrected chi connectivity index (χ4v) is 3.00.